The first-order chi connectivity index (χ1) is 10.3. The number of amidine groups is 1. The van der Waals surface area contributed by atoms with E-state index in [0.29, 0.717) is 0 Å². The standard InChI is InChI=1S/C17H19N3O/c18-17(19-21)15-7-3-4-8-16(15)20-11-9-13-5-1-2-6-14(13)10-12-20/h1-8,21H,9-12H2,(H2,18,19). The van der Waals surface area contributed by atoms with Gasteiger partial charge < -0.3 is 15.8 Å². The molecule has 1 heterocycles. The molecule has 1 aliphatic heterocycles. The smallest absolute Gasteiger partial charge is 0.172 e. The number of fused-ring (bicyclic) bond motifs is 1. The van der Waals surface area contributed by atoms with Gasteiger partial charge in [-0.3, -0.25) is 0 Å². The fraction of sp³-hybridized carbons (Fsp3) is 0.235. The van der Waals surface area contributed by atoms with Gasteiger partial charge in [-0.2, -0.15) is 0 Å². The van der Waals surface area contributed by atoms with E-state index in [0.717, 1.165) is 37.2 Å². The molecule has 4 nitrogen and oxygen atoms in total. The predicted octanol–water partition coefficient (Wildman–Crippen LogP) is 2.39. The van der Waals surface area contributed by atoms with Crippen molar-refractivity contribution in [1.82, 2.24) is 0 Å². The van der Waals surface area contributed by atoms with Gasteiger partial charge in [0, 0.05) is 24.3 Å². The van der Waals surface area contributed by atoms with E-state index in [2.05, 4.69) is 34.3 Å². The lowest BCUT2D eigenvalue weighted by Gasteiger charge is -2.25. The molecule has 3 rings (SSSR count). The first-order valence-electron chi connectivity index (χ1n) is 7.18. The highest BCUT2D eigenvalue weighted by molar-refractivity contribution is 6.02. The third kappa shape index (κ3) is 2.70. The quantitative estimate of drug-likeness (QED) is 0.384. The molecule has 0 aliphatic carbocycles. The van der Waals surface area contributed by atoms with Crippen LogP contribution in [0.5, 0.6) is 0 Å². The average molecular weight is 281 g/mol. The summed E-state index contributed by atoms with van der Waals surface area (Å²) in [6.45, 7) is 1.87. The molecular weight excluding hydrogens is 262 g/mol. The van der Waals surface area contributed by atoms with Gasteiger partial charge in [-0.05, 0) is 36.1 Å². The molecule has 2 aromatic carbocycles. The van der Waals surface area contributed by atoms with Crippen LogP contribution in [-0.2, 0) is 12.8 Å². The molecule has 0 aromatic heterocycles. The monoisotopic (exact) mass is 281 g/mol. The van der Waals surface area contributed by atoms with Crippen LogP contribution in [0.1, 0.15) is 16.7 Å². The maximum atomic E-state index is 8.95. The van der Waals surface area contributed by atoms with Gasteiger partial charge in [0.2, 0.25) is 0 Å². The molecular formula is C17H19N3O. The van der Waals surface area contributed by atoms with Gasteiger partial charge in [0.1, 0.15) is 0 Å². The summed E-state index contributed by atoms with van der Waals surface area (Å²) >= 11 is 0. The Kier molecular flexibility index (Phi) is 3.77. The van der Waals surface area contributed by atoms with Crippen LogP contribution >= 0.6 is 0 Å². The first kappa shape index (κ1) is 13.5. The van der Waals surface area contributed by atoms with Gasteiger partial charge in [-0.15, -0.1) is 0 Å². The number of hydrogen-bond acceptors (Lipinski definition) is 3. The van der Waals surface area contributed by atoms with Gasteiger partial charge >= 0.3 is 0 Å². The molecule has 3 N–H and O–H groups in total. The lowest BCUT2D eigenvalue weighted by atomic mass is 10.0. The maximum Gasteiger partial charge on any atom is 0.172 e. The molecule has 0 fully saturated rings. The second-order valence-electron chi connectivity index (χ2n) is 5.26. The Labute approximate surface area is 124 Å². The molecule has 0 spiro atoms. The number of benzene rings is 2. The number of para-hydroxylation sites is 1. The molecule has 1 aliphatic rings. The average Bonchev–Trinajstić information content (AvgIpc) is 2.77. The van der Waals surface area contributed by atoms with Crippen LogP contribution in [0.25, 0.3) is 0 Å². The van der Waals surface area contributed by atoms with E-state index in [-0.39, 0.29) is 5.84 Å². The Bertz CT molecular complexity index is 640. The second-order valence-corrected chi connectivity index (χ2v) is 5.26. The number of nitrogens with zero attached hydrogens (tertiary/aromatic N) is 2. The molecule has 21 heavy (non-hydrogen) atoms. The molecule has 4 heteroatoms. The van der Waals surface area contributed by atoms with Crippen molar-refractivity contribution >= 4 is 11.5 Å². The highest BCUT2D eigenvalue weighted by Crippen LogP contribution is 2.24. The zero-order chi connectivity index (χ0) is 14.7. The summed E-state index contributed by atoms with van der Waals surface area (Å²) in [6, 6.07) is 16.4. The molecule has 2 aromatic rings. The van der Waals surface area contributed by atoms with E-state index in [1.807, 2.05) is 24.3 Å². The van der Waals surface area contributed by atoms with E-state index in [1.165, 1.54) is 11.1 Å². The van der Waals surface area contributed by atoms with E-state index in [9.17, 15) is 0 Å². The van der Waals surface area contributed by atoms with Crippen molar-refractivity contribution in [2.45, 2.75) is 12.8 Å². The predicted molar refractivity (Wildman–Crippen MR) is 85.0 cm³/mol. The first-order valence-corrected chi connectivity index (χ1v) is 7.18. The topological polar surface area (TPSA) is 61.9 Å². The molecule has 0 amide bonds. The summed E-state index contributed by atoms with van der Waals surface area (Å²) < 4.78 is 0. The van der Waals surface area contributed by atoms with E-state index >= 15 is 0 Å². The summed E-state index contributed by atoms with van der Waals surface area (Å²) in [5.74, 6) is 0.160. The molecule has 108 valence electrons. The number of nitrogens with two attached hydrogens (primary N) is 1. The van der Waals surface area contributed by atoms with E-state index in [4.69, 9.17) is 10.9 Å². The van der Waals surface area contributed by atoms with Gasteiger partial charge in [0.15, 0.2) is 5.84 Å². The van der Waals surface area contributed by atoms with Crippen LogP contribution in [0.3, 0.4) is 0 Å². The number of oxime groups is 1. The minimum Gasteiger partial charge on any atom is -0.409 e. The van der Waals surface area contributed by atoms with Crippen LogP contribution in [0.4, 0.5) is 5.69 Å². The van der Waals surface area contributed by atoms with E-state index in [1.54, 1.807) is 0 Å². The highest BCUT2D eigenvalue weighted by atomic mass is 16.4. The minimum atomic E-state index is 0.160. The Morgan fingerprint density at radius 3 is 2.14 bits per heavy atom. The third-order valence-electron chi connectivity index (χ3n) is 4.05. The SMILES string of the molecule is NC(=NO)c1ccccc1N1CCc2ccccc2CC1. The summed E-state index contributed by atoms with van der Waals surface area (Å²) in [6.07, 6.45) is 2.03. The Hall–Kier alpha value is -2.49. The summed E-state index contributed by atoms with van der Waals surface area (Å²) in [5.41, 5.74) is 10.4. The lowest BCUT2D eigenvalue weighted by molar-refractivity contribution is 0.318. The molecule has 0 bridgehead atoms. The Morgan fingerprint density at radius 1 is 0.952 bits per heavy atom. The van der Waals surface area contributed by atoms with Crippen molar-refractivity contribution in [2.24, 2.45) is 10.9 Å². The van der Waals surface area contributed by atoms with Crippen molar-refractivity contribution in [3.05, 3.63) is 65.2 Å². The molecule has 0 saturated carbocycles. The van der Waals surface area contributed by atoms with Crippen molar-refractivity contribution in [2.75, 3.05) is 18.0 Å². The molecule has 0 atom stereocenters. The largest absolute Gasteiger partial charge is 0.409 e. The van der Waals surface area contributed by atoms with Crippen molar-refractivity contribution in [3.8, 4) is 0 Å². The minimum absolute atomic E-state index is 0.160. The number of rotatable bonds is 2. The Morgan fingerprint density at radius 2 is 1.52 bits per heavy atom. The van der Waals surface area contributed by atoms with Gasteiger partial charge in [0.05, 0.1) is 0 Å². The normalized spacial score (nSPS) is 15.4. The van der Waals surface area contributed by atoms with Crippen LogP contribution < -0.4 is 10.6 Å². The van der Waals surface area contributed by atoms with Gasteiger partial charge in [-0.1, -0.05) is 41.6 Å². The highest BCUT2D eigenvalue weighted by Gasteiger charge is 2.17. The summed E-state index contributed by atoms with van der Waals surface area (Å²) in [5, 5.41) is 12.1. The van der Waals surface area contributed by atoms with Crippen LogP contribution in [0, 0.1) is 0 Å². The van der Waals surface area contributed by atoms with Gasteiger partial charge in [-0.25, -0.2) is 0 Å². The summed E-state index contributed by atoms with van der Waals surface area (Å²) in [4.78, 5) is 2.31. The number of hydrogen-bond donors (Lipinski definition) is 2. The fourth-order valence-electron chi connectivity index (χ4n) is 2.93. The Balaban J connectivity index is 1.90. The lowest BCUT2D eigenvalue weighted by Crippen LogP contribution is -2.29. The fourth-order valence-corrected chi connectivity index (χ4v) is 2.93. The third-order valence-corrected chi connectivity index (χ3v) is 4.05. The zero-order valence-corrected chi connectivity index (χ0v) is 11.9. The van der Waals surface area contributed by atoms with Crippen molar-refractivity contribution in [1.29, 1.82) is 0 Å². The number of anilines is 1. The van der Waals surface area contributed by atoms with Crippen molar-refractivity contribution in [3.63, 3.8) is 0 Å². The second kappa shape index (κ2) is 5.87. The molecule has 0 unspecified atom stereocenters. The van der Waals surface area contributed by atoms with Crippen LogP contribution in [-0.4, -0.2) is 24.1 Å². The van der Waals surface area contributed by atoms with Crippen LogP contribution in [0.2, 0.25) is 0 Å². The zero-order valence-electron chi connectivity index (χ0n) is 11.9. The van der Waals surface area contributed by atoms with Gasteiger partial charge in [0.25, 0.3) is 0 Å². The van der Waals surface area contributed by atoms with E-state index < -0.39 is 0 Å². The maximum absolute atomic E-state index is 8.95. The van der Waals surface area contributed by atoms with Crippen LogP contribution in [0.15, 0.2) is 53.7 Å². The molecule has 0 radical (unpaired) electrons. The summed E-state index contributed by atoms with van der Waals surface area (Å²) in [7, 11) is 0. The van der Waals surface area contributed by atoms with Crippen molar-refractivity contribution < 1.29 is 5.21 Å². The molecule has 0 saturated heterocycles.